The van der Waals surface area contributed by atoms with Crippen LogP contribution in [0.2, 0.25) is 0 Å². The van der Waals surface area contributed by atoms with Gasteiger partial charge in [-0.2, -0.15) is 0 Å². The van der Waals surface area contributed by atoms with E-state index >= 15 is 0 Å². The van der Waals surface area contributed by atoms with Gasteiger partial charge in [0.1, 0.15) is 0 Å². The monoisotopic (exact) mass is 297 g/mol. The van der Waals surface area contributed by atoms with Gasteiger partial charge in [-0.1, -0.05) is 0 Å². The van der Waals surface area contributed by atoms with Gasteiger partial charge in [-0.25, -0.2) is 4.79 Å². The molecule has 0 aliphatic rings. The predicted molar refractivity (Wildman–Crippen MR) is 53.6 cm³/mol. The Morgan fingerprint density at radius 2 is 1.35 bits per heavy atom. The van der Waals surface area contributed by atoms with E-state index in [1.165, 1.54) is 0 Å². The largest absolute Gasteiger partial charge is 0.631 e. The molecule has 0 bridgehead atoms. The minimum atomic E-state index is -4.88. The Bertz CT molecular complexity index is 331. The molecule has 0 aromatic heterocycles. The van der Waals surface area contributed by atoms with E-state index in [1.807, 2.05) is 0 Å². The first kappa shape index (κ1) is 19.0. The fraction of sp³-hybridized carbons (Fsp3) is 0.750. The van der Waals surface area contributed by atoms with Gasteiger partial charge >= 0.3 is 21.2 Å². The molecule has 0 aromatic rings. The Balaban J connectivity index is 0. The Morgan fingerprint density at radius 1 is 1.06 bits per heavy atom. The molecule has 0 spiro atoms. The van der Waals surface area contributed by atoms with Crippen molar-refractivity contribution in [1.82, 2.24) is 0 Å². The molecule has 13 heteroatoms. The van der Waals surface area contributed by atoms with Crippen LogP contribution in [-0.2, 0) is 13.9 Å². The number of rotatable bonds is 6. The van der Waals surface area contributed by atoms with Crippen molar-refractivity contribution in [3.05, 3.63) is 5.21 Å². The van der Waals surface area contributed by atoms with Crippen LogP contribution in [0.15, 0.2) is 0 Å². The quantitative estimate of drug-likeness (QED) is 0.205. The lowest BCUT2D eigenvalue weighted by molar-refractivity contribution is -0.851. The van der Waals surface area contributed by atoms with Crippen molar-refractivity contribution < 1.29 is 48.7 Å². The summed E-state index contributed by atoms with van der Waals surface area (Å²) in [6.45, 7) is -1.34. The van der Waals surface area contributed by atoms with Gasteiger partial charge in [0, 0.05) is 0 Å². The minimum absolute atomic E-state index is 0. The number of carboxylic acid groups (broad SMARTS) is 1. The molecule has 0 fully saturated rings. The number of aliphatic carboxylic acids is 1. The lowest BCUT2D eigenvalue weighted by atomic mass is 10.6. The van der Waals surface area contributed by atoms with Crippen LogP contribution in [0.3, 0.4) is 0 Å². The number of carbonyl (C=O) groups is 1. The van der Waals surface area contributed by atoms with E-state index in [0.717, 1.165) is 0 Å². The molecule has 0 saturated carbocycles. The summed E-state index contributed by atoms with van der Waals surface area (Å²) in [6, 6.07) is 0. The summed E-state index contributed by atoms with van der Waals surface area (Å²) in [5, 5.41) is 19.8. The molecule has 0 aliphatic heterocycles. The second-order valence-corrected chi connectivity index (χ2v) is 6.45. The zero-order chi connectivity index (χ0) is 13.2. The molecular weight excluding hydrogens is 284 g/mol. The van der Waals surface area contributed by atoms with E-state index in [0.29, 0.717) is 0 Å². The fourth-order valence-electron chi connectivity index (χ4n) is 1.06. The maximum absolute atomic E-state index is 11.5. The van der Waals surface area contributed by atoms with Crippen molar-refractivity contribution in [3.63, 3.8) is 0 Å². The Morgan fingerprint density at radius 3 is 1.53 bits per heavy atom. The minimum Gasteiger partial charge on any atom is -0.631 e. The van der Waals surface area contributed by atoms with Crippen LogP contribution in [0.4, 0.5) is 0 Å². The zero-order valence-electron chi connectivity index (χ0n) is 8.33. The standard InChI is InChI=1S/C4H11NO9P2.H2O/c6-4(7)1-5(8,2-15(9,10)11)3-16(12,13)14;/h1-3H2,(H,6,7)(H2,9,10,11)(H2,12,13,14);1H2. The second kappa shape index (κ2) is 6.01. The van der Waals surface area contributed by atoms with Crippen LogP contribution in [0, 0.1) is 5.21 Å². The molecule has 0 amide bonds. The molecule has 0 unspecified atom stereocenters. The van der Waals surface area contributed by atoms with Crippen molar-refractivity contribution in [2.75, 3.05) is 19.1 Å². The van der Waals surface area contributed by atoms with Crippen LogP contribution in [0.25, 0.3) is 0 Å². The molecule has 0 heterocycles. The summed E-state index contributed by atoms with van der Waals surface area (Å²) in [4.78, 5) is 44.3. The van der Waals surface area contributed by atoms with Crippen LogP contribution in [0.5, 0.6) is 0 Å². The molecule has 0 rings (SSSR count). The topological polar surface area (TPSA) is 207 Å². The first-order valence-corrected chi connectivity index (χ1v) is 7.31. The summed E-state index contributed by atoms with van der Waals surface area (Å²) >= 11 is 0. The van der Waals surface area contributed by atoms with E-state index in [1.54, 1.807) is 0 Å². The molecule has 0 radical (unpaired) electrons. The van der Waals surface area contributed by atoms with Crippen LogP contribution in [-0.4, -0.2) is 59.9 Å². The highest BCUT2D eigenvalue weighted by Gasteiger charge is 2.36. The van der Waals surface area contributed by atoms with Gasteiger partial charge in [0.05, 0.1) is 0 Å². The summed E-state index contributed by atoms with van der Waals surface area (Å²) < 4.78 is 18.9. The molecule has 17 heavy (non-hydrogen) atoms. The third-order valence-electron chi connectivity index (χ3n) is 1.31. The summed E-state index contributed by atoms with van der Waals surface area (Å²) in [7, 11) is -9.75. The van der Waals surface area contributed by atoms with Crippen molar-refractivity contribution in [2.24, 2.45) is 0 Å². The van der Waals surface area contributed by atoms with Crippen molar-refractivity contribution in [2.45, 2.75) is 0 Å². The zero-order valence-corrected chi connectivity index (χ0v) is 10.1. The maximum atomic E-state index is 11.5. The number of hydroxylamine groups is 3. The van der Waals surface area contributed by atoms with Gasteiger partial charge in [0.15, 0.2) is 19.1 Å². The molecular formula is C4H13NO10P2. The highest BCUT2D eigenvalue weighted by molar-refractivity contribution is 7.52. The Labute approximate surface area is 95.1 Å². The first-order chi connectivity index (χ1) is 6.83. The lowest BCUT2D eigenvalue weighted by Gasteiger charge is -2.40. The average Bonchev–Trinajstić information content (AvgIpc) is 1.69. The second-order valence-electron chi connectivity index (χ2n) is 3.22. The van der Waals surface area contributed by atoms with Crippen molar-refractivity contribution in [1.29, 1.82) is 0 Å². The molecule has 104 valence electrons. The number of nitrogens with zero attached hydrogens (tertiary/aromatic N) is 1. The summed E-state index contributed by atoms with van der Waals surface area (Å²) in [6.07, 6.45) is -2.99. The third kappa shape index (κ3) is 10.5. The number of hydrogen-bond donors (Lipinski definition) is 5. The SMILES string of the molecule is O.O=C(O)C[N+]([O-])(CP(=O)(O)O)CP(=O)(O)O. The summed E-state index contributed by atoms with van der Waals surface area (Å²) in [5.41, 5.74) is 0. The average molecular weight is 297 g/mol. The van der Waals surface area contributed by atoms with Crippen molar-refractivity contribution >= 4 is 21.2 Å². The van der Waals surface area contributed by atoms with E-state index < -0.39 is 44.9 Å². The van der Waals surface area contributed by atoms with Crippen molar-refractivity contribution in [3.8, 4) is 0 Å². The Hall–Kier alpha value is -0.350. The molecule has 0 saturated heterocycles. The normalized spacial score (nSPS) is 13.0. The molecule has 11 nitrogen and oxygen atoms in total. The number of hydrogen-bond acceptors (Lipinski definition) is 4. The van der Waals surface area contributed by atoms with E-state index in [9.17, 15) is 19.1 Å². The number of quaternary nitrogens is 1. The smallest absolute Gasteiger partial charge is 0.379 e. The highest BCUT2D eigenvalue weighted by atomic mass is 31.2. The first-order valence-electron chi connectivity index (χ1n) is 3.71. The van der Waals surface area contributed by atoms with Gasteiger partial charge < -0.3 is 40.0 Å². The van der Waals surface area contributed by atoms with Gasteiger partial charge in [-0.3, -0.25) is 9.13 Å². The van der Waals surface area contributed by atoms with Crippen LogP contribution < -0.4 is 0 Å². The van der Waals surface area contributed by atoms with Crippen LogP contribution in [0.1, 0.15) is 0 Å². The van der Waals surface area contributed by atoms with Gasteiger partial charge in [-0.05, 0) is 0 Å². The highest BCUT2D eigenvalue weighted by Crippen LogP contribution is 2.44. The summed E-state index contributed by atoms with van der Waals surface area (Å²) in [5.74, 6) is -1.71. The molecule has 7 N–H and O–H groups in total. The predicted octanol–water partition coefficient (Wildman–Crippen LogP) is -2.17. The van der Waals surface area contributed by atoms with Crippen LogP contribution >= 0.6 is 15.2 Å². The van der Waals surface area contributed by atoms with E-state index in [-0.39, 0.29) is 5.48 Å². The maximum Gasteiger partial charge on any atom is 0.379 e. The molecule has 0 aliphatic carbocycles. The Kier molecular flexibility index (Phi) is 6.71. The van der Waals surface area contributed by atoms with E-state index in [2.05, 4.69) is 0 Å². The molecule has 0 atom stereocenters. The van der Waals surface area contributed by atoms with Gasteiger partial charge in [-0.15, -0.1) is 0 Å². The van der Waals surface area contributed by atoms with Gasteiger partial charge in [0.25, 0.3) is 0 Å². The molecule has 0 aromatic carbocycles. The number of carboxylic acids is 1. The third-order valence-corrected chi connectivity index (χ3v) is 3.08. The lowest BCUT2D eigenvalue weighted by Crippen LogP contribution is -2.47. The van der Waals surface area contributed by atoms with Gasteiger partial charge in [0.2, 0.25) is 0 Å². The fourth-order valence-corrected chi connectivity index (χ4v) is 2.96. The van der Waals surface area contributed by atoms with E-state index in [4.69, 9.17) is 24.7 Å².